The van der Waals surface area contributed by atoms with E-state index in [0.717, 1.165) is 11.1 Å². The van der Waals surface area contributed by atoms with Crippen molar-refractivity contribution in [3.63, 3.8) is 0 Å². The Morgan fingerprint density at radius 2 is 1.30 bits per heavy atom. The number of halogens is 1. The number of benzene rings is 2. The SMILES string of the molecule is Cc1cc(C(O)c2ccc(C(C)C)cc2)cc(C)c1F. The molecular weight excluding hydrogens is 251 g/mol. The molecule has 0 heterocycles. The van der Waals surface area contributed by atoms with E-state index in [1.165, 1.54) is 5.56 Å². The molecule has 1 N–H and O–H groups in total. The van der Waals surface area contributed by atoms with Crippen molar-refractivity contribution < 1.29 is 9.50 Å². The molecule has 0 aliphatic carbocycles. The fourth-order valence-electron chi connectivity index (χ4n) is 2.39. The number of rotatable bonds is 3. The van der Waals surface area contributed by atoms with Crippen LogP contribution < -0.4 is 0 Å². The van der Waals surface area contributed by atoms with Gasteiger partial charge in [0.05, 0.1) is 0 Å². The maximum atomic E-state index is 13.6. The van der Waals surface area contributed by atoms with Gasteiger partial charge in [0.15, 0.2) is 0 Å². The van der Waals surface area contributed by atoms with Crippen molar-refractivity contribution in [1.29, 1.82) is 0 Å². The molecule has 0 amide bonds. The van der Waals surface area contributed by atoms with E-state index in [0.29, 0.717) is 17.0 Å². The first-order valence-corrected chi connectivity index (χ1v) is 6.94. The maximum absolute atomic E-state index is 13.6. The number of hydrogen-bond donors (Lipinski definition) is 1. The van der Waals surface area contributed by atoms with Gasteiger partial charge in [0, 0.05) is 0 Å². The molecule has 1 unspecified atom stereocenters. The Bertz CT molecular complexity index is 576. The Hall–Kier alpha value is -1.67. The van der Waals surface area contributed by atoms with E-state index in [1.807, 2.05) is 24.3 Å². The number of aryl methyl sites for hydroxylation is 2. The van der Waals surface area contributed by atoms with Crippen LogP contribution in [0.1, 0.15) is 53.7 Å². The molecule has 0 spiro atoms. The average molecular weight is 272 g/mol. The molecule has 2 heteroatoms. The zero-order valence-electron chi connectivity index (χ0n) is 12.4. The van der Waals surface area contributed by atoms with E-state index < -0.39 is 6.10 Å². The molecule has 1 atom stereocenters. The standard InChI is InChI=1S/C18H21FO/c1-11(2)14-5-7-15(8-6-14)18(20)16-9-12(3)17(19)13(4)10-16/h5-11,18,20H,1-4H3. The Morgan fingerprint density at radius 1 is 0.850 bits per heavy atom. The lowest BCUT2D eigenvalue weighted by Gasteiger charge is -2.15. The Labute approximate surface area is 120 Å². The normalized spacial score (nSPS) is 12.8. The lowest BCUT2D eigenvalue weighted by molar-refractivity contribution is 0.220. The molecule has 0 radical (unpaired) electrons. The molecule has 106 valence electrons. The quantitative estimate of drug-likeness (QED) is 0.862. The summed E-state index contributed by atoms with van der Waals surface area (Å²) in [6, 6.07) is 11.4. The summed E-state index contributed by atoms with van der Waals surface area (Å²) in [4.78, 5) is 0. The summed E-state index contributed by atoms with van der Waals surface area (Å²) in [5.41, 5.74) is 3.95. The molecule has 0 saturated carbocycles. The van der Waals surface area contributed by atoms with Gasteiger partial charge >= 0.3 is 0 Å². The molecule has 0 aliphatic rings. The number of aliphatic hydroxyl groups excluding tert-OH is 1. The molecule has 1 nitrogen and oxygen atoms in total. The molecule has 0 aliphatic heterocycles. The second-order valence-corrected chi connectivity index (χ2v) is 5.69. The predicted octanol–water partition coefficient (Wildman–Crippen LogP) is 4.65. The van der Waals surface area contributed by atoms with Crippen LogP contribution in [0.15, 0.2) is 36.4 Å². The minimum absolute atomic E-state index is 0.198. The summed E-state index contributed by atoms with van der Waals surface area (Å²) in [5.74, 6) is 0.271. The van der Waals surface area contributed by atoms with E-state index in [1.54, 1.807) is 26.0 Å². The smallest absolute Gasteiger partial charge is 0.129 e. The first-order chi connectivity index (χ1) is 9.40. The highest BCUT2D eigenvalue weighted by Crippen LogP contribution is 2.26. The Balaban J connectivity index is 2.33. The van der Waals surface area contributed by atoms with Crippen molar-refractivity contribution in [3.8, 4) is 0 Å². The number of aliphatic hydroxyl groups is 1. The topological polar surface area (TPSA) is 20.2 Å². The van der Waals surface area contributed by atoms with Crippen LogP contribution in [-0.2, 0) is 0 Å². The van der Waals surface area contributed by atoms with Crippen molar-refractivity contribution in [3.05, 3.63) is 70.0 Å². The Morgan fingerprint density at radius 3 is 1.75 bits per heavy atom. The monoisotopic (exact) mass is 272 g/mol. The third kappa shape index (κ3) is 2.91. The van der Waals surface area contributed by atoms with Crippen LogP contribution in [0.5, 0.6) is 0 Å². The largest absolute Gasteiger partial charge is 0.384 e. The minimum atomic E-state index is -0.714. The van der Waals surface area contributed by atoms with Gasteiger partial charge in [-0.3, -0.25) is 0 Å². The van der Waals surface area contributed by atoms with Gasteiger partial charge in [0.2, 0.25) is 0 Å². The second kappa shape index (κ2) is 5.76. The molecule has 0 bridgehead atoms. The van der Waals surface area contributed by atoms with Crippen molar-refractivity contribution in [2.75, 3.05) is 0 Å². The molecule has 0 saturated heterocycles. The van der Waals surface area contributed by atoms with Crippen LogP contribution >= 0.6 is 0 Å². The lowest BCUT2D eigenvalue weighted by Crippen LogP contribution is -2.02. The van der Waals surface area contributed by atoms with Crippen molar-refractivity contribution >= 4 is 0 Å². The van der Waals surface area contributed by atoms with E-state index in [2.05, 4.69) is 13.8 Å². The molecular formula is C18H21FO. The van der Waals surface area contributed by atoms with Gasteiger partial charge in [-0.25, -0.2) is 4.39 Å². The van der Waals surface area contributed by atoms with Crippen molar-refractivity contribution in [2.24, 2.45) is 0 Å². The van der Waals surface area contributed by atoms with Crippen LogP contribution in [0.25, 0.3) is 0 Å². The Kier molecular flexibility index (Phi) is 4.24. The van der Waals surface area contributed by atoms with Crippen molar-refractivity contribution in [2.45, 2.75) is 39.7 Å². The lowest BCUT2D eigenvalue weighted by atomic mass is 9.95. The molecule has 0 fully saturated rings. The molecule has 0 aromatic heterocycles. The fraction of sp³-hybridized carbons (Fsp3) is 0.333. The highest BCUT2D eigenvalue weighted by Gasteiger charge is 2.14. The molecule has 2 rings (SSSR count). The fourth-order valence-corrected chi connectivity index (χ4v) is 2.39. The van der Waals surface area contributed by atoms with Crippen LogP contribution in [0, 0.1) is 19.7 Å². The summed E-state index contributed by atoms with van der Waals surface area (Å²) in [6.07, 6.45) is -0.714. The highest BCUT2D eigenvalue weighted by molar-refractivity contribution is 5.37. The van der Waals surface area contributed by atoms with Crippen LogP contribution in [0.4, 0.5) is 4.39 Å². The van der Waals surface area contributed by atoms with E-state index >= 15 is 0 Å². The van der Waals surface area contributed by atoms with Gasteiger partial charge in [0.1, 0.15) is 11.9 Å². The highest BCUT2D eigenvalue weighted by atomic mass is 19.1. The summed E-state index contributed by atoms with van der Waals surface area (Å²) in [6.45, 7) is 7.72. The summed E-state index contributed by atoms with van der Waals surface area (Å²) in [5, 5.41) is 10.4. The summed E-state index contributed by atoms with van der Waals surface area (Å²) in [7, 11) is 0. The average Bonchev–Trinajstić information content (AvgIpc) is 2.43. The van der Waals surface area contributed by atoms with E-state index in [-0.39, 0.29) is 5.82 Å². The molecule has 20 heavy (non-hydrogen) atoms. The van der Waals surface area contributed by atoms with Gasteiger partial charge in [-0.15, -0.1) is 0 Å². The van der Waals surface area contributed by atoms with Gasteiger partial charge in [-0.1, -0.05) is 50.2 Å². The van der Waals surface area contributed by atoms with Crippen LogP contribution in [-0.4, -0.2) is 5.11 Å². The van der Waals surface area contributed by atoms with Gasteiger partial charge in [-0.05, 0) is 47.6 Å². The summed E-state index contributed by atoms with van der Waals surface area (Å²) < 4.78 is 13.6. The molecule has 2 aromatic carbocycles. The van der Waals surface area contributed by atoms with Crippen LogP contribution in [0.3, 0.4) is 0 Å². The third-order valence-electron chi connectivity index (χ3n) is 3.69. The minimum Gasteiger partial charge on any atom is -0.384 e. The van der Waals surface area contributed by atoms with E-state index in [9.17, 15) is 9.50 Å². The predicted molar refractivity (Wildman–Crippen MR) is 80.5 cm³/mol. The first-order valence-electron chi connectivity index (χ1n) is 6.94. The second-order valence-electron chi connectivity index (χ2n) is 5.69. The van der Waals surface area contributed by atoms with Gasteiger partial charge in [0.25, 0.3) is 0 Å². The zero-order valence-corrected chi connectivity index (χ0v) is 12.4. The van der Waals surface area contributed by atoms with E-state index in [4.69, 9.17) is 0 Å². The maximum Gasteiger partial charge on any atom is 0.129 e. The van der Waals surface area contributed by atoms with Crippen LogP contribution in [0.2, 0.25) is 0 Å². The first kappa shape index (κ1) is 14.7. The van der Waals surface area contributed by atoms with Gasteiger partial charge < -0.3 is 5.11 Å². The summed E-state index contributed by atoms with van der Waals surface area (Å²) >= 11 is 0. The van der Waals surface area contributed by atoms with Crippen molar-refractivity contribution in [1.82, 2.24) is 0 Å². The zero-order chi connectivity index (χ0) is 14.9. The molecule has 2 aromatic rings. The third-order valence-corrected chi connectivity index (χ3v) is 3.69. The number of hydrogen-bond acceptors (Lipinski definition) is 1. The van der Waals surface area contributed by atoms with Gasteiger partial charge in [-0.2, -0.15) is 0 Å².